The minimum absolute atomic E-state index is 1.05. The first kappa shape index (κ1) is 14.0. The molecule has 0 bridgehead atoms. The number of aromatic nitrogens is 2. The Morgan fingerprint density at radius 1 is 1.10 bits per heavy atom. The van der Waals surface area contributed by atoms with Crippen molar-refractivity contribution in [2.24, 2.45) is 0 Å². The molecule has 3 heteroatoms. The van der Waals surface area contributed by atoms with Gasteiger partial charge in [-0.3, -0.25) is 0 Å². The summed E-state index contributed by atoms with van der Waals surface area (Å²) in [5.74, 6) is 0. The van der Waals surface area contributed by atoms with E-state index in [1.165, 1.54) is 16.1 Å². The van der Waals surface area contributed by atoms with Crippen molar-refractivity contribution in [1.82, 2.24) is 4.98 Å². The second kappa shape index (κ2) is 6.64. The van der Waals surface area contributed by atoms with Crippen molar-refractivity contribution in [1.29, 1.82) is 0 Å². The summed E-state index contributed by atoms with van der Waals surface area (Å²) in [6.07, 6.45) is 7.23. The van der Waals surface area contributed by atoms with Crippen LogP contribution in [0.1, 0.15) is 22.6 Å². The second-order valence-corrected chi connectivity index (χ2v) is 6.20. The van der Waals surface area contributed by atoms with Gasteiger partial charge < -0.3 is 0 Å². The Balaban J connectivity index is 1.57. The fourth-order valence-electron chi connectivity index (χ4n) is 2.31. The number of hydrogen-bond donors (Lipinski definition) is 0. The fraction of sp³-hybridized carbons (Fsp3) is 0.222. The Labute approximate surface area is 129 Å². The number of rotatable bonds is 5. The lowest BCUT2D eigenvalue weighted by atomic mass is 10.1. The summed E-state index contributed by atoms with van der Waals surface area (Å²) in [5.41, 5.74) is 4.96. The lowest BCUT2D eigenvalue weighted by Crippen LogP contribution is -1.98. The van der Waals surface area contributed by atoms with Crippen LogP contribution < -0.4 is 4.98 Å². The van der Waals surface area contributed by atoms with Crippen molar-refractivity contribution < 1.29 is 4.98 Å². The maximum atomic E-state index is 4.72. The van der Waals surface area contributed by atoms with Gasteiger partial charge in [0, 0.05) is 11.4 Å². The number of benzene rings is 1. The number of H-pyrrole nitrogens is 1. The maximum Gasteiger partial charge on any atom is 0.176 e. The number of nitrogens with zero attached hydrogens (tertiary/aromatic N) is 1. The number of thiazole rings is 1. The van der Waals surface area contributed by atoms with Crippen LogP contribution >= 0.6 is 11.3 Å². The van der Waals surface area contributed by atoms with Crippen LogP contribution in [0.15, 0.2) is 54.2 Å². The minimum Gasteiger partial charge on any atom is -0.241 e. The zero-order chi connectivity index (χ0) is 14.5. The third-order valence-corrected chi connectivity index (χ3v) is 4.44. The Morgan fingerprint density at radius 3 is 2.71 bits per heavy atom. The molecule has 106 valence electrons. The van der Waals surface area contributed by atoms with Crippen LogP contribution in [0.4, 0.5) is 0 Å². The standard InChI is InChI=1S/C18H18N2S/c1-14-7-9-15(10-8-14)4-2-6-18-20-17(13-21-18)16-5-3-11-19-12-16/h3,5,7-13H,2,4,6H2,1H3/p+1. The number of aryl methyl sites for hydroxylation is 3. The Bertz CT molecular complexity index is 687. The quantitative estimate of drug-likeness (QED) is 0.696. The molecule has 0 saturated carbocycles. The number of nitrogens with one attached hydrogen (secondary N) is 1. The van der Waals surface area contributed by atoms with Gasteiger partial charge in [-0.15, -0.1) is 11.3 Å². The molecule has 3 aromatic rings. The molecule has 0 aliphatic rings. The van der Waals surface area contributed by atoms with Crippen molar-refractivity contribution in [3.05, 3.63) is 70.3 Å². The van der Waals surface area contributed by atoms with Gasteiger partial charge in [-0.2, -0.15) is 0 Å². The molecular weight excluding hydrogens is 276 g/mol. The third-order valence-electron chi connectivity index (χ3n) is 3.53. The Morgan fingerprint density at radius 2 is 1.95 bits per heavy atom. The van der Waals surface area contributed by atoms with Gasteiger partial charge in [0.15, 0.2) is 12.4 Å². The van der Waals surface area contributed by atoms with Crippen molar-refractivity contribution in [2.45, 2.75) is 26.2 Å². The van der Waals surface area contributed by atoms with E-state index in [9.17, 15) is 0 Å². The lowest BCUT2D eigenvalue weighted by molar-refractivity contribution is -0.377. The normalized spacial score (nSPS) is 10.7. The van der Waals surface area contributed by atoms with E-state index in [4.69, 9.17) is 4.98 Å². The van der Waals surface area contributed by atoms with E-state index >= 15 is 0 Å². The molecule has 0 unspecified atom stereocenters. The van der Waals surface area contributed by atoms with Gasteiger partial charge >= 0.3 is 0 Å². The SMILES string of the molecule is Cc1ccc(CCCc2nc(-c3ccc[nH+]c3)cs2)cc1. The Hall–Kier alpha value is -2.00. The summed E-state index contributed by atoms with van der Waals surface area (Å²) in [4.78, 5) is 7.83. The molecule has 0 saturated heterocycles. The smallest absolute Gasteiger partial charge is 0.176 e. The number of hydrogen-bond acceptors (Lipinski definition) is 2. The summed E-state index contributed by atoms with van der Waals surface area (Å²) in [6, 6.07) is 12.9. The molecule has 1 aromatic carbocycles. The molecular formula is C18H19N2S+. The highest BCUT2D eigenvalue weighted by Gasteiger charge is 2.06. The zero-order valence-corrected chi connectivity index (χ0v) is 13.0. The van der Waals surface area contributed by atoms with Gasteiger partial charge in [0.05, 0.1) is 16.3 Å². The summed E-state index contributed by atoms with van der Waals surface area (Å²) >= 11 is 1.76. The van der Waals surface area contributed by atoms with Crippen molar-refractivity contribution in [3.8, 4) is 11.3 Å². The summed E-state index contributed by atoms with van der Waals surface area (Å²) in [7, 11) is 0. The largest absolute Gasteiger partial charge is 0.241 e. The Kier molecular flexibility index (Phi) is 4.41. The summed E-state index contributed by atoms with van der Waals surface area (Å²) < 4.78 is 0. The predicted molar refractivity (Wildman–Crippen MR) is 87.3 cm³/mol. The third kappa shape index (κ3) is 3.76. The van der Waals surface area contributed by atoms with E-state index in [1.807, 2.05) is 18.5 Å². The molecule has 2 heterocycles. The highest BCUT2D eigenvalue weighted by molar-refractivity contribution is 7.09. The van der Waals surface area contributed by atoms with Crippen LogP contribution in [0.25, 0.3) is 11.3 Å². The molecule has 2 nitrogen and oxygen atoms in total. The van der Waals surface area contributed by atoms with Gasteiger partial charge in [0.2, 0.25) is 0 Å². The molecule has 0 radical (unpaired) electrons. The molecule has 1 N–H and O–H groups in total. The van der Waals surface area contributed by atoms with Crippen molar-refractivity contribution in [3.63, 3.8) is 0 Å². The lowest BCUT2D eigenvalue weighted by Gasteiger charge is -2.00. The van der Waals surface area contributed by atoms with E-state index in [0.717, 1.165) is 30.5 Å². The molecule has 2 aromatic heterocycles. The molecule has 0 fully saturated rings. The van der Waals surface area contributed by atoms with E-state index in [-0.39, 0.29) is 0 Å². The highest BCUT2D eigenvalue weighted by atomic mass is 32.1. The number of pyridine rings is 1. The minimum atomic E-state index is 1.05. The first-order chi connectivity index (χ1) is 10.3. The first-order valence-corrected chi connectivity index (χ1v) is 8.16. The number of aromatic amines is 1. The van der Waals surface area contributed by atoms with Gasteiger partial charge in [-0.05, 0) is 37.8 Å². The van der Waals surface area contributed by atoms with Gasteiger partial charge in [-0.1, -0.05) is 29.8 Å². The van der Waals surface area contributed by atoms with Crippen LogP contribution in [0.3, 0.4) is 0 Å². The maximum absolute atomic E-state index is 4.72. The second-order valence-electron chi connectivity index (χ2n) is 5.26. The summed E-state index contributed by atoms with van der Waals surface area (Å²) in [6.45, 7) is 2.13. The van der Waals surface area contributed by atoms with Gasteiger partial charge in [0.1, 0.15) is 0 Å². The topological polar surface area (TPSA) is 27.0 Å². The highest BCUT2D eigenvalue weighted by Crippen LogP contribution is 2.21. The molecule has 0 spiro atoms. The van der Waals surface area contributed by atoms with Crippen LogP contribution in [-0.2, 0) is 12.8 Å². The van der Waals surface area contributed by atoms with E-state index in [0.29, 0.717) is 0 Å². The monoisotopic (exact) mass is 295 g/mol. The predicted octanol–water partition coefficient (Wildman–Crippen LogP) is 4.11. The molecule has 3 rings (SSSR count). The molecule has 0 aliphatic heterocycles. The van der Waals surface area contributed by atoms with Crippen molar-refractivity contribution in [2.75, 3.05) is 0 Å². The average Bonchev–Trinajstić information content (AvgIpc) is 2.99. The van der Waals surface area contributed by atoms with E-state index < -0.39 is 0 Å². The van der Waals surface area contributed by atoms with Crippen LogP contribution in [0.5, 0.6) is 0 Å². The fourth-order valence-corrected chi connectivity index (χ4v) is 3.16. The molecule has 21 heavy (non-hydrogen) atoms. The van der Waals surface area contributed by atoms with E-state index in [2.05, 4.69) is 47.6 Å². The van der Waals surface area contributed by atoms with Crippen LogP contribution in [0, 0.1) is 6.92 Å². The van der Waals surface area contributed by atoms with Crippen LogP contribution in [0.2, 0.25) is 0 Å². The molecule has 0 atom stereocenters. The summed E-state index contributed by atoms with van der Waals surface area (Å²) in [5, 5.41) is 3.37. The van der Waals surface area contributed by atoms with Crippen molar-refractivity contribution >= 4 is 11.3 Å². The van der Waals surface area contributed by atoms with Gasteiger partial charge in [0.25, 0.3) is 0 Å². The van der Waals surface area contributed by atoms with Crippen LogP contribution in [-0.4, -0.2) is 4.98 Å². The average molecular weight is 295 g/mol. The first-order valence-electron chi connectivity index (χ1n) is 7.28. The molecule has 0 aliphatic carbocycles. The molecule has 0 amide bonds. The van der Waals surface area contributed by atoms with E-state index in [1.54, 1.807) is 11.3 Å². The van der Waals surface area contributed by atoms with Gasteiger partial charge in [-0.25, -0.2) is 9.97 Å². The zero-order valence-electron chi connectivity index (χ0n) is 12.2.